The minimum absolute atomic E-state index is 0.350. The van der Waals surface area contributed by atoms with E-state index in [1.165, 1.54) is 9.09 Å². The van der Waals surface area contributed by atoms with Gasteiger partial charge < -0.3 is 4.74 Å². The van der Waals surface area contributed by atoms with Crippen LogP contribution in [-0.4, -0.2) is 24.3 Å². The van der Waals surface area contributed by atoms with Gasteiger partial charge in [0.05, 0.1) is 22.3 Å². The van der Waals surface area contributed by atoms with E-state index in [9.17, 15) is 4.79 Å². The number of hydrogen-bond acceptors (Lipinski definition) is 6. The number of carbonyl (C=O) groups excluding carboxylic acids is 1. The second kappa shape index (κ2) is 6.10. The zero-order valence-electron chi connectivity index (χ0n) is 10.3. The smallest absolute Gasteiger partial charge is 0.425 e. The lowest BCUT2D eigenvalue weighted by Crippen LogP contribution is -2.43. The van der Waals surface area contributed by atoms with E-state index < -0.39 is 6.09 Å². The second-order valence-corrected chi connectivity index (χ2v) is 5.94. The van der Waals surface area contributed by atoms with Crippen LogP contribution in [-0.2, 0) is 11.2 Å². The molecule has 0 aliphatic carbocycles. The fourth-order valence-corrected chi connectivity index (χ4v) is 3.59. The Labute approximate surface area is 114 Å². The molecule has 2 rings (SSSR count). The average Bonchev–Trinajstić information content (AvgIpc) is 2.78. The quantitative estimate of drug-likeness (QED) is 0.820. The Hall–Kier alpha value is -1.21. The highest BCUT2D eigenvalue weighted by atomic mass is 32.2. The monoisotopic (exact) mass is 285 g/mol. The number of fused-ring (bicyclic) bond motifs is 1. The summed E-state index contributed by atoms with van der Waals surface area (Å²) in [5.74, 6) is 1.46. The van der Waals surface area contributed by atoms with Crippen molar-refractivity contribution in [3.8, 4) is 0 Å². The van der Waals surface area contributed by atoms with E-state index in [-0.39, 0.29) is 0 Å². The Kier molecular flexibility index (Phi) is 4.48. The topological polar surface area (TPSA) is 62.7 Å². The summed E-state index contributed by atoms with van der Waals surface area (Å²) in [4.78, 5) is 16.9. The number of aliphatic imine (C=N–C) groups is 1. The number of thiophene rings is 1. The number of nitrogens with one attached hydrogen (secondary N) is 2. The first-order valence-electron chi connectivity index (χ1n) is 5.74. The number of nitrogens with zero attached hydrogens (tertiary/aromatic N) is 1. The summed E-state index contributed by atoms with van der Waals surface area (Å²) in [6.45, 7) is 4.24. The molecule has 98 valence electrons. The molecule has 1 aliphatic heterocycles. The van der Waals surface area contributed by atoms with E-state index in [1.54, 1.807) is 30.0 Å². The standard InChI is InChI=1S/C11H15N3O2S2/c1-3-7-5-8-10(18-7)17-6-9(12-8)13-14-11(15)16-4-2/h5H,3-4,6H2,1-2H3,(H,12,13)(H,14,15). The predicted octanol–water partition coefficient (Wildman–Crippen LogP) is 2.70. The lowest BCUT2D eigenvalue weighted by molar-refractivity contribution is 0.150. The molecular formula is C11H15N3O2S2. The van der Waals surface area contributed by atoms with Crippen LogP contribution in [0, 0.1) is 0 Å². The molecular weight excluding hydrogens is 270 g/mol. The fraction of sp³-hybridized carbons (Fsp3) is 0.455. The Morgan fingerprint density at radius 2 is 2.39 bits per heavy atom. The maximum Gasteiger partial charge on any atom is 0.425 e. The van der Waals surface area contributed by atoms with Crippen LogP contribution in [0.5, 0.6) is 0 Å². The maximum absolute atomic E-state index is 11.1. The van der Waals surface area contributed by atoms with Crippen molar-refractivity contribution in [3.63, 3.8) is 0 Å². The molecule has 2 N–H and O–H groups in total. The molecule has 1 aromatic rings. The zero-order chi connectivity index (χ0) is 13.0. The van der Waals surface area contributed by atoms with Crippen LogP contribution in [0.15, 0.2) is 15.3 Å². The summed E-state index contributed by atoms with van der Waals surface area (Å²) in [6, 6.07) is 2.10. The van der Waals surface area contributed by atoms with Crippen LogP contribution in [0.25, 0.3) is 0 Å². The number of ether oxygens (including phenoxy) is 1. The fourth-order valence-electron chi connectivity index (χ4n) is 1.43. The molecule has 18 heavy (non-hydrogen) atoms. The lowest BCUT2D eigenvalue weighted by atomic mass is 10.3. The summed E-state index contributed by atoms with van der Waals surface area (Å²) in [6.07, 6.45) is 0.535. The van der Waals surface area contributed by atoms with Crippen LogP contribution in [0.4, 0.5) is 10.5 Å². The van der Waals surface area contributed by atoms with Crippen molar-refractivity contribution in [1.82, 2.24) is 10.9 Å². The molecule has 0 saturated carbocycles. The number of hydrogen-bond donors (Lipinski definition) is 2. The normalized spacial score (nSPS) is 13.6. The highest BCUT2D eigenvalue weighted by Gasteiger charge is 2.16. The zero-order valence-corrected chi connectivity index (χ0v) is 11.9. The Bertz CT molecular complexity index is 471. The van der Waals surface area contributed by atoms with Crippen molar-refractivity contribution >= 4 is 40.7 Å². The molecule has 0 unspecified atom stereocenters. The molecule has 0 aromatic carbocycles. The van der Waals surface area contributed by atoms with Gasteiger partial charge in [-0.2, -0.15) is 0 Å². The summed E-state index contributed by atoms with van der Waals surface area (Å²) < 4.78 is 6.00. The van der Waals surface area contributed by atoms with Gasteiger partial charge in [0, 0.05) is 4.88 Å². The molecule has 0 spiro atoms. The Balaban J connectivity index is 1.97. The highest BCUT2D eigenvalue weighted by molar-refractivity contribution is 8.02. The van der Waals surface area contributed by atoms with Crippen LogP contribution < -0.4 is 10.9 Å². The van der Waals surface area contributed by atoms with E-state index in [0.717, 1.165) is 23.7 Å². The SMILES string of the molecule is CCOC(=O)NNC1=Nc2cc(CC)sc2SC1. The van der Waals surface area contributed by atoms with Crippen molar-refractivity contribution in [1.29, 1.82) is 0 Å². The van der Waals surface area contributed by atoms with Gasteiger partial charge in [-0.3, -0.25) is 5.43 Å². The van der Waals surface area contributed by atoms with Crippen molar-refractivity contribution in [2.45, 2.75) is 24.5 Å². The van der Waals surface area contributed by atoms with Gasteiger partial charge >= 0.3 is 6.09 Å². The van der Waals surface area contributed by atoms with Crippen molar-refractivity contribution < 1.29 is 9.53 Å². The number of rotatable bonds is 2. The molecule has 1 aromatic heterocycles. The van der Waals surface area contributed by atoms with E-state index >= 15 is 0 Å². The van der Waals surface area contributed by atoms with Gasteiger partial charge in [-0.05, 0) is 19.4 Å². The van der Waals surface area contributed by atoms with E-state index in [2.05, 4.69) is 28.8 Å². The van der Waals surface area contributed by atoms with E-state index in [1.807, 2.05) is 0 Å². The summed E-state index contributed by atoms with van der Waals surface area (Å²) in [5, 5.41) is 0. The number of hydrazine groups is 1. The summed E-state index contributed by atoms with van der Waals surface area (Å²) in [7, 11) is 0. The Morgan fingerprint density at radius 3 is 3.11 bits per heavy atom. The molecule has 0 atom stereocenters. The van der Waals surface area contributed by atoms with Crippen molar-refractivity contribution in [3.05, 3.63) is 10.9 Å². The lowest BCUT2D eigenvalue weighted by Gasteiger charge is -2.14. The molecule has 0 bridgehead atoms. The van der Waals surface area contributed by atoms with Crippen molar-refractivity contribution in [2.75, 3.05) is 12.4 Å². The van der Waals surface area contributed by atoms with E-state index in [4.69, 9.17) is 4.74 Å². The predicted molar refractivity (Wildman–Crippen MR) is 74.8 cm³/mol. The number of amidine groups is 1. The molecule has 5 nitrogen and oxygen atoms in total. The van der Waals surface area contributed by atoms with Crippen LogP contribution in [0.3, 0.4) is 0 Å². The molecule has 1 amide bonds. The molecule has 0 fully saturated rings. The van der Waals surface area contributed by atoms with Gasteiger partial charge in [0.25, 0.3) is 0 Å². The third-order valence-corrected chi connectivity index (χ3v) is 4.81. The maximum atomic E-state index is 11.1. The highest BCUT2D eigenvalue weighted by Crippen LogP contribution is 2.40. The first-order valence-corrected chi connectivity index (χ1v) is 7.55. The number of aryl methyl sites for hydroxylation is 1. The first kappa shape index (κ1) is 13.2. The molecule has 7 heteroatoms. The summed E-state index contributed by atoms with van der Waals surface area (Å²) in [5.41, 5.74) is 6.22. The number of carbonyl (C=O) groups is 1. The minimum Gasteiger partial charge on any atom is -0.449 e. The van der Waals surface area contributed by atoms with Gasteiger partial charge in [-0.15, -0.1) is 23.1 Å². The van der Waals surface area contributed by atoms with Gasteiger partial charge in [-0.25, -0.2) is 15.2 Å². The first-order chi connectivity index (χ1) is 8.72. The van der Waals surface area contributed by atoms with Gasteiger partial charge in [0.1, 0.15) is 5.84 Å². The van der Waals surface area contributed by atoms with E-state index in [0.29, 0.717) is 6.61 Å². The van der Waals surface area contributed by atoms with Gasteiger partial charge in [-0.1, -0.05) is 6.92 Å². The minimum atomic E-state index is -0.490. The van der Waals surface area contributed by atoms with Gasteiger partial charge in [0.15, 0.2) is 0 Å². The average molecular weight is 285 g/mol. The van der Waals surface area contributed by atoms with Gasteiger partial charge in [0.2, 0.25) is 0 Å². The molecule has 0 radical (unpaired) electrons. The van der Waals surface area contributed by atoms with Crippen LogP contribution in [0.1, 0.15) is 18.7 Å². The van der Waals surface area contributed by atoms with Crippen LogP contribution in [0.2, 0.25) is 0 Å². The second-order valence-electron chi connectivity index (χ2n) is 3.56. The summed E-state index contributed by atoms with van der Waals surface area (Å²) >= 11 is 3.52. The molecule has 0 saturated heterocycles. The third kappa shape index (κ3) is 3.17. The number of thioether (sulfide) groups is 1. The van der Waals surface area contributed by atoms with Crippen molar-refractivity contribution in [2.24, 2.45) is 4.99 Å². The largest absolute Gasteiger partial charge is 0.449 e. The molecule has 1 aliphatic rings. The Morgan fingerprint density at radius 1 is 1.56 bits per heavy atom. The number of amides is 1. The third-order valence-electron chi connectivity index (χ3n) is 2.26. The van der Waals surface area contributed by atoms with Crippen LogP contribution >= 0.6 is 23.1 Å². The molecule has 2 heterocycles.